The van der Waals surface area contributed by atoms with E-state index < -0.39 is 51.1 Å². The van der Waals surface area contributed by atoms with Crippen molar-refractivity contribution in [3.05, 3.63) is 128 Å². The third kappa shape index (κ3) is 8.10. The van der Waals surface area contributed by atoms with Gasteiger partial charge < -0.3 is 18.9 Å². The molecule has 4 aromatic rings. The van der Waals surface area contributed by atoms with Gasteiger partial charge in [-0.05, 0) is 35.4 Å². The smallest absolute Gasteiger partial charge is 0.322 e. The van der Waals surface area contributed by atoms with Crippen LogP contribution in [0.2, 0.25) is 0 Å². The van der Waals surface area contributed by atoms with Crippen molar-refractivity contribution in [1.82, 2.24) is 0 Å². The van der Waals surface area contributed by atoms with Gasteiger partial charge in [-0.15, -0.1) is 0 Å². The second-order valence-corrected chi connectivity index (χ2v) is 8.45. The minimum atomic E-state index is -1.17. The van der Waals surface area contributed by atoms with Crippen LogP contribution in [0.15, 0.2) is 97.1 Å². The van der Waals surface area contributed by atoms with E-state index in [4.69, 9.17) is 18.9 Å². The highest BCUT2D eigenvalue weighted by Gasteiger charge is 2.24. The van der Waals surface area contributed by atoms with Crippen LogP contribution in [-0.2, 0) is 22.8 Å². The summed E-state index contributed by atoms with van der Waals surface area (Å²) in [5.41, 5.74) is 0.579. The highest BCUT2D eigenvalue weighted by Crippen LogP contribution is 2.33. The molecule has 0 atom stereocenters. The molecular formula is C29H22N2O10. The molecule has 4 rings (SSSR count). The fraction of sp³-hybridized carbons (Fsp3) is 0.103. The second-order valence-electron chi connectivity index (χ2n) is 8.45. The molecule has 0 fully saturated rings. The number of benzene rings is 4. The van der Waals surface area contributed by atoms with Gasteiger partial charge in [-0.1, -0.05) is 60.7 Å². The average molecular weight is 558 g/mol. The van der Waals surface area contributed by atoms with Gasteiger partial charge in [0.25, 0.3) is 0 Å². The fourth-order valence-electron chi connectivity index (χ4n) is 3.55. The summed E-state index contributed by atoms with van der Waals surface area (Å²) in [6, 6.07) is 25.5. The zero-order valence-corrected chi connectivity index (χ0v) is 21.3. The number of esters is 2. The van der Waals surface area contributed by atoms with Crippen LogP contribution in [0.5, 0.6) is 23.0 Å². The summed E-state index contributed by atoms with van der Waals surface area (Å²) in [5, 5.41) is 23.1. The lowest BCUT2D eigenvalue weighted by molar-refractivity contribution is -0.385. The van der Waals surface area contributed by atoms with Gasteiger partial charge in [-0.3, -0.25) is 29.8 Å². The standard InChI is InChI=1S/C29H22N2O10/c32-28(40-26-13-11-22(15-24(26)30(34)35)38-18-20-7-3-1-4-8-20)17-29(33)41-27-14-12-23(16-25(27)31(36)37)39-19-21-9-5-2-6-10-21/h1-16H,17-19H2. The van der Waals surface area contributed by atoms with Crippen LogP contribution in [0.4, 0.5) is 11.4 Å². The number of hydrogen-bond acceptors (Lipinski definition) is 10. The first-order valence-corrected chi connectivity index (χ1v) is 12.1. The minimum absolute atomic E-state index is 0.162. The van der Waals surface area contributed by atoms with Gasteiger partial charge in [-0.2, -0.15) is 0 Å². The quantitative estimate of drug-likeness (QED) is 0.0708. The Hall–Kier alpha value is -5.78. The number of nitro benzene ring substituents is 2. The zero-order valence-electron chi connectivity index (χ0n) is 21.3. The van der Waals surface area contributed by atoms with E-state index in [1.54, 1.807) is 0 Å². The number of carbonyl (C=O) groups excluding carboxylic acids is 2. The van der Waals surface area contributed by atoms with E-state index in [0.29, 0.717) is 0 Å². The van der Waals surface area contributed by atoms with Crippen molar-refractivity contribution in [2.45, 2.75) is 19.6 Å². The molecule has 0 saturated carbocycles. The number of nitro groups is 2. The molecular weight excluding hydrogens is 536 g/mol. The van der Waals surface area contributed by atoms with Crippen LogP contribution >= 0.6 is 0 Å². The molecule has 0 unspecified atom stereocenters. The second kappa shape index (κ2) is 13.3. The Bertz CT molecular complexity index is 1440. The molecule has 12 nitrogen and oxygen atoms in total. The van der Waals surface area contributed by atoms with E-state index in [1.807, 2.05) is 60.7 Å². The van der Waals surface area contributed by atoms with Gasteiger partial charge in [0.1, 0.15) is 31.1 Å². The maximum Gasteiger partial charge on any atom is 0.322 e. The lowest BCUT2D eigenvalue weighted by Crippen LogP contribution is -2.19. The van der Waals surface area contributed by atoms with Crippen LogP contribution in [0.25, 0.3) is 0 Å². The molecule has 12 heteroatoms. The molecule has 0 N–H and O–H groups in total. The predicted octanol–water partition coefficient (Wildman–Crippen LogP) is 5.56. The molecule has 208 valence electrons. The van der Waals surface area contributed by atoms with Gasteiger partial charge in [0.2, 0.25) is 11.5 Å². The molecule has 0 heterocycles. The third-order valence-corrected chi connectivity index (χ3v) is 5.49. The summed E-state index contributed by atoms with van der Waals surface area (Å²) in [6.45, 7) is 0.324. The summed E-state index contributed by atoms with van der Waals surface area (Å²) < 4.78 is 21.2. The monoisotopic (exact) mass is 558 g/mol. The van der Waals surface area contributed by atoms with Crippen molar-refractivity contribution >= 4 is 23.3 Å². The molecule has 0 aliphatic rings. The molecule has 4 aromatic carbocycles. The van der Waals surface area contributed by atoms with E-state index in [9.17, 15) is 29.8 Å². The number of rotatable bonds is 12. The van der Waals surface area contributed by atoms with Crippen molar-refractivity contribution < 1.29 is 38.4 Å². The largest absolute Gasteiger partial charge is 0.489 e. The molecule has 0 spiro atoms. The first-order valence-electron chi connectivity index (χ1n) is 12.1. The normalized spacial score (nSPS) is 10.3. The topological polar surface area (TPSA) is 157 Å². The first kappa shape index (κ1) is 28.2. The molecule has 0 amide bonds. The number of nitrogens with zero attached hydrogens (tertiary/aromatic N) is 2. The van der Waals surface area contributed by atoms with E-state index >= 15 is 0 Å². The molecule has 0 radical (unpaired) electrons. The molecule has 0 bridgehead atoms. The van der Waals surface area contributed by atoms with Crippen LogP contribution in [-0.4, -0.2) is 21.8 Å². The zero-order chi connectivity index (χ0) is 29.2. The van der Waals surface area contributed by atoms with Crippen molar-refractivity contribution in [2.24, 2.45) is 0 Å². The van der Waals surface area contributed by atoms with Crippen LogP contribution in [0, 0.1) is 20.2 Å². The number of carbonyl (C=O) groups is 2. The summed E-state index contributed by atoms with van der Waals surface area (Å²) in [4.78, 5) is 46.2. The predicted molar refractivity (Wildman–Crippen MR) is 144 cm³/mol. The van der Waals surface area contributed by atoms with Gasteiger partial charge in [-0.25, -0.2) is 0 Å². The lowest BCUT2D eigenvalue weighted by atomic mass is 10.2. The van der Waals surface area contributed by atoms with Crippen molar-refractivity contribution in [2.75, 3.05) is 0 Å². The average Bonchev–Trinajstić information content (AvgIpc) is 2.96. The molecule has 41 heavy (non-hydrogen) atoms. The summed E-state index contributed by atoms with van der Waals surface area (Å²) in [7, 11) is 0. The van der Waals surface area contributed by atoms with Crippen molar-refractivity contribution in [1.29, 1.82) is 0 Å². The summed E-state index contributed by atoms with van der Waals surface area (Å²) in [5.74, 6) is -2.81. The minimum Gasteiger partial charge on any atom is -0.489 e. The fourth-order valence-corrected chi connectivity index (χ4v) is 3.55. The Morgan fingerprint density at radius 1 is 0.585 bits per heavy atom. The highest BCUT2D eigenvalue weighted by atomic mass is 16.6. The van der Waals surface area contributed by atoms with E-state index in [0.717, 1.165) is 23.3 Å². The van der Waals surface area contributed by atoms with Crippen LogP contribution < -0.4 is 18.9 Å². The molecule has 0 aliphatic carbocycles. The Kier molecular flexibility index (Phi) is 9.18. The van der Waals surface area contributed by atoms with E-state index in [-0.39, 0.29) is 24.7 Å². The molecule has 0 aromatic heterocycles. The number of ether oxygens (including phenoxy) is 4. The Balaban J connectivity index is 1.36. The Morgan fingerprint density at radius 3 is 1.34 bits per heavy atom. The number of hydrogen-bond donors (Lipinski definition) is 0. The van der Waals surface area contributed by atoms with Crippen molar-refractivity contribution in [3.63, 3.8) is 0 Å². The van der Waals surface area contributed by atoms with Crippen molar-refractivity contribution in [3.8, 4) is 23.0 Å². The summed E-state index contributed by atoms with van der Waals surface area (Å²) in [6.07, 6.45) is -0.965. The van der Waals surface area contributed by atoms with Gasteiger partial charge >= 0.3 is 23.3 Å². The lowest BCUT2D eigenvalue weighted by Gasteiger charge is -2.10. The summed E-state index contributed by atoms with van der Waals surface area (Å²) >= 11 is 0. The third-order valence-electron chi connectivity index (χ3n) is 5.49. The first-order chi connectivity index (χ1) is 19.8. The molecule has 0 aliphatic heterocycles. The van der Waals surface area contributed by atoms with E-state index in [1.165, 1.54) is 24.3 Å². The Labute approximate surface area is 233 Å². The van der Waals surface area contributed by atoms with E-state index in [2.05, 4.69) is 0 Å². The highest BCUT2D eigenvalue weighted by molar-refractivity contribution is 5.93. The van der Waals surface area contributed by atoms with Gasteiger partial charge in [0.15, 0.2) is 0 Å². The van der Waals surface area contributed by atoms with Gasteiger partial charge in [0, 0.05) is 0 Å². The molecule has 0 saturated heterocycles. The Morgan fingerprint density at radius 2 is 0.976 bits per heavy atom. The van der Waals surface area contributed by atoms with Crippen LogP contribution in [0.1, 0.15) is 17.5 Å². The van der Waals surface area contributed by atoms with Crippen LogP contribution in [0.3, 0.4) is 0 Å². The van der Waals surface area contributed by atoms with Gasteiger partial charge in [0.05, 0.1) is 22.0 Å². The maximum absolute atomic E-state index is 12.3. The maximum atomic E-state index is 12.3. The SMILES string of the molecule is O=C(CC(=O)Oc1ccc(OCc2ccccc2)cc1[N+](=O)[O-])Oc1ccc(OCc2ccccc2)cc1[N+](=O)[O-].